The standard InChI is InChI=1S/C18H26N6O/c1-18(2,3)24-16-14(11-21-24)15(19-12-20-16)22-7-4-8-23(10-9-22)17(25)13-5-6-13/h11-13H,4-10H2,1-3H3. The van der Waals surface area contributed by atoms with E-state index >= 15 is 0 Å². The van der Waals surface area contributed by atoms with Gasteiger partial charge in [-0.2, -0.15) is 5.10 Å². The fourth-order valence-electron chi connectivity index (χ4n) is 3.51. The van der Waals surface area contributed by atoms with Gasteiger partial charge in [0, 0.05) is 32.1 Å². The monoisotopic (exact) mass is 342 g/mol. The third kappa shape index (κ3) is 3.07. The summed E-state index contributed by atoms with van der Waals surface area (Å²) in [5.74, 6) is 1.57. The van der Waals surface area contributed by atoms with Gasteiger partial charge in [-0.25, -0.2) is 14.6 Å². The van der Waals surface area contributed by atoms with E-state index in [9.17, 15) is 4.79 Å². The Balaban J connectivity index is 1.59. The van der Waals surface area contributed by atoms with Gasteiger partial charge in [-0.1, -0.05) is 0 Å². The van der Waals surface area contributed by atoms with Crippen LogP contribution in [0.1, 0.15) is 40.0 Å². The van der Waals surface area contributed by atoms with Crippen molar-refractivity contribution in [3.05, 3.63) is 12.5 Å². The molecule has 1 amide bonds. The van der Waals surface area contributed by atoms with Crippen molar-refractivity contribution >= 4 is 22.8 Å². The number of nitrogens with zero attached hydrogens (tertiary/aromatic N) is 6. The van der Waals surface area contributed by atoms with Crippen LogP contribution in [0.4, 0.5) is 5.82 Å². The van der Waals surface area contributed by atoms with Crippen LogP contribution in [0.15, 0.2) is 12.5 Å². The predicted molar refractivity (Wildman–Crippen MR) is 96.5 cm³/mol. The number of amides is 1. The lowest BCUT2D eigenvalue weighted by Gasteiger charge is -2.24. The average molecular weight is 342 g/mol. The number of carbonyl (C=O) groups excluding carboxylic acids is 1. The normalized spacial score (nSPS) is 19.3. The van der Waals surface area contributed by atoms with Gasteiger partial charge in [-0.3, -0.25) is 4.79 Å². The zero-order valence-electron chi connectivity index (χ0n) is 15.3. The van der Waals surface area contributed by atoms with E-state index in [1.807, 2.05) is 15.8 Å². The van der Waals surface area contributed by atoms with Crippen molar-refractivity contribution in [2.24, 2.45) is 5.92 Å². The molecule has 2 aromatic rings. The lowest BCUT2D eigenvalue weighted by molar-refractivity contribution is -0.132. The zero-order chi connectivity index (χ0) is 17.6. The molecular weight excluding hydrogens is 316 g/mol. The summed E-state index contributed by atoms with van der Waals surface area (Å²) in [6, 6.07) is 0. The fraction of sp³-hybridized carbons (Fsp3) is 0.667. The van der Waals surface area contributed by atoms with Crippen molar-refractivity contribution in [3.8, 4) is 0 Å². The van der Waals surface area contributed by atoms with Gasteiger partial charge in [0.25, 0.3) is 0 Å². The molecule has 0 spiro atoms. The minimum atomic E-state index is -0.125. The van der Waals surface area contributed by atoms with Gasteiger partial charge < -0.3 is 9.80 Å². The van der Waals surface area contributed by atoms with E-state index < -0.39 is 0 Å². The molecule has 1 saturated carbocycles. The van der Waals surface area contributed by atoms with E-state index in [0.29, 0.717) is 11.8 Å². The predicted octanol–water partition coefficient (Wildman–Crippen LogP) is 2.03. The summed E-state index contributed by atoms with van der Waals surface area (Å²) in [6.45, 7) is 9.69. The molecule has 7 nitrogen and oxygen atoms in total. The Hall–Kier alpha value is -2.18. The summed E-state index contributed by atoms with van der Waals surface area (Å²) in [4.78, 5) is 25.7. The molecule has 2 fully saturated rings. The molecule has 1 aliphatic carbocycles. The quantitative estimate of drug-likeness (QED) is 0.835. The summed E-state index contributed by atoms with van der Waals surface area (Å²) in [6.07, 6.45) is 6.60. The summed E-state index contributed by atoms with van der Waals surface area (Å²) >= 11 is 0. The van der Waals surface area contributed by atoms with E-state index in [0.717, 1.165) is 62.3 Å². The van der Waals surface area contributed by atoms with Crippen LogP contribution in [0.2, 0.25) is 0 Å². The van der Waals surface area contributed by atoms with Gasteiger partial charge in [0.1, 0.15) is 12.1 Å². The third-order valence-corrected chi connectivity index (χ3v) is 5.01. The number of hydrogen-bond donors (Lipinski definition) is 0. The number of rotatable bonds is 2. The van der Waals surface area contributed by atoms with Crippen LogP contribution in [-0.2, 0) is 10.3 Å². The lowest BCUT2D eigenvalue weighted by Crippen LogP contribution is -2.36. The summed E-state index contributed by atoms with van der Waals surface area (Å²) in [5, 5.41) is 5.53. The van der Waals surface area contributed by atoms with Crippen LogP contribution in [0.5, 0.6) is 0 Å². The lowest BCUT2D eigenvalue weighted by atomic mass is 10.1. The third-order valence-electron chi connectivity index (χ3n) is 5.01. The summed E-state index contributed by atoms with van der Waals surface area (Å²) in [7, 11) is 0. The van der Waals surface area contributed by atoms with E-state index in [2.05, 4.69) is 40.7 Å². The molecule has 4 rings (SSSR count). The van der Waals surface area contributed by atoms with Gasteiger partial charge in [-0.15, -0.1) is 0 Å². The maximum absolute atomic E-state index is 12.4. The molecular formula is C18H26N6O. The van der Waals surface area contributed by atoms with Crippen LogP contribution in [0.25, 0.3) is 11.0 Å². The van der Waals surface area contributed by atoms with Crippen LogP contribution >= 0.6 is 0 Å². The second-order valence-corrected chi connectivity index (χ2v) is 8.10. The van der Waals surface area contributed by atoms with Gasteiger partial charge in [0.05, 0.1) is 17.1 Å². The van der Waals surface area contributed by atoms with Crippen LogP contribution in [0, 0.1) is 5.92 Å². The van der Waals surface area contributed by atoms with E-state index in [-0.39, 0.29) is 5.54 Å². The maximum atomic E-state index is 12.4. The number of anilines is 1. The molecule has 1 aliphatic heterocycles. The second-order valence-electron chi connectivity index (χ2n) is 8.10. The number of hydrogen-bond acceptors (Lipinski definition) is 5. The molecule has 7 heteroatoms. The Morgan fingerprint density at radius 2 is 1.92 bits per heavy atom. The molecule has 25 heavy (non-hydrogen) atoms. The van der Waals surface area contributed by atoms with E-state index in [1.54, 1.807) is 6.33 Å². The first-order valence-electron chi connectivity index (χ1n) is 9.18. The van der Waals surface area contributed by atoms with Crippen LogP contribution in [-0.4, -0.2) is 56.7 Å². The zero-order valence-corrected chi connectivity index (χ0v) is 15.3. The van der Waals surface area contributed by atoms with Gasteiger partial charge in [0.2, 0.25) is 5.91 Å². The first kappa shape index (κ1) is 16.3. The van der Waals surface area contributed by atoms with Gasteiger partial charge >= 0.3 is 0 Å². The van der Waals surface area contributed by atoms with Crippen LogP contribution in [0.3, 0.4) is 0 Å². The van der Waals surface area contributed by atoms with Crippen molar-refractivity contribution < 1.29 is 4.79 Å². The topological polar surface area (TPSA) is 67.2 Å². The summed E-state index contributed by atoms with van der Waals surface area (Å²) in [5.41, 5.74) is 0.743. The van der Waals surface area contributed by atoms with Gasteiger partial charge in [-0.05, 0) is 40.0 Å². The Kier molecular flexibility index (Phi) is 3.89. The van der Waals surface area contributed by atoms with Crippen LogP contribution < -0.4 is 4.90 Å². The minimum absolute atomic E-state index is 0.125. The molecule has 0 bridgehead atoms. The molecule has 0 unspecified atom stereocenters. The van der Waals surface area contributed by atoms with Crippen molar-refractivity contribution in [2.45, 2.75) is 45.6 Å². The molecule has 1 saturated heterocycles. The molecule has 0 atom stereocenters. The van der Waals surface area contributed by atoms with Crippen molar-refractivity contribution in [2.75, 3.05) is 31.1 Å². The largest absolute Gasteiger partial charge is 0.354 e. The number of fused-ring (bicyclic) bond motifs is 1. The Bertz CT molecular complexity index is 788. The first-order chi connectivity index (χ1) is 11.9. The highest BCUT2D eigenvalue weighted by Gasteiger charge is 2.34. The Morgan fingerprint density at radius 1 is 1.12 bits per heavy atom. The molecule has 2 aromatic heterocycles. The second kappa shape index (κ2) is 5.97. The highest BCUT2D eigenvalue weighted by molar-refractivity contribution is 5.87. The average Bonchev–Trinajstić information content (AvgIpc) is 3.35. The number of carbonyl (C=O) groups is 1. The first-order valence-corrected chi connectivity index (χ1v) is 9.18. The SMILES string of the molecule is CC(C)(C)n1ncc2c(N3CCCN(C(=O)C4CC4)CC3)ncnc21. The van der Waals surface area contributed by atoms with Crippen molar-refractivity contribution in [1.29, 1.82) is 0 Å². The van der Waals surface area contributed by atoms with E-state index in [4.69, 9.17) is 0 Å². The molecule has 0 N–H and O–H groups in total. The smallest absolute Gasteiger partial charge is 0.225 e. The molecule has 134 valence electrons. The molecule has 0 radical (unpaired) electrons. The Labute approximate surface area is 148 Å². The number of aromatic nitrogens is 4. The molecule has 2 aliphatic rings. The fourth-order valence-corrected chi connectivity index (χ4v) is 3.51. The highest BCUT2D eigenvalue weighted by atomic mass is 16.2. The van der Waals surface area contributed by atoms with Crippen molar-refractivity contribution in [1.82, 2.24) is 24.6 Å². The Morgan fingerprint density at radius 3 is 2.64 bits per heavy atom. The highest BCUT2D eigenvalue weighted by Crippen LogP contribution is 2.32. The maximum Gasteiger partial charge on any atom is 0.225 e. The van der Waals surface area contributed by atoms with E-state index in [1.165, 1.54) is 0 Å². The van der Waals surface area contributed by atoms with Crippen molar-refractivity contribution in [3.63, 3.8) is 0 Å². The molecule has 3 heterocycles. The minimum Gasteiger partial charge on any atom is -0.354 e. The summed E-state index contributed by atoms with van der Waals surface area (Å²) < 4.78 is 1.95. The molecule has 0 aromatic carbocycles. The van der Waals surface area contributed by atoms with Gasteiger partial charge in [0.15, 0.2) is 5.65 Å².